The molecule has 2 N–H and O–H groups in total. The Kier molecular flexibility index (Phi) is 4.74. The van der Waals surface area contributed by atoms with Crippen molar-refractivity contribution < 1.29 is 0 Å². The zero-order chi connectivity index (χ0) is 15.7. The Hall–Kier alpha value is -0.930. The molecule has 0 spiro atoms. The molecule has 1 aliphatic heterocycles. The fourth-order valence-corrected chi connectivity index (χ4v) is 3.02. The van der Waals surface area contributed by atoms with Crippen LogP contribution in [0.3, 0.4) is 0 Å². The van der Waals surface area contributed by atoms with Crippen molar-refractivity contribution in [2.24, 2.45) is 11.1 Å². The number of rotatable bonds is 3. The quantitative estimate of drug-likeness (QED) is 0.860. The highest BCUT2D eigenvalue weighted by molar-refractivity contribution is 7.80. The molecule has 0 atom stereocenters. The SMILES string of the molecule is CC1(C(N)=S)CCN(Cc2ccc(C(C)(C)C)cc2)CC1. The molecule has 3 heteroatoms. The van der Waals surface area contributed by atoms with Crippen molar-refractivity contribution in [2.75, 3.05) is 13.1 Å². The highest BCUT2D eigenvalue weighted by Gasteiger charge is 2.32. The summed E-state index contributed by atoms with van der Waals surface area (Å²) in [7, 11) is 0. The van der Waals surface area contributed by atoms with Crippen molar-refractivity contribution in [3.63, 3.8) is 0 Å². The molecule has 1 aromatic carbocycles. The molecule has 0 saturated carbocycles. The second-order valence-corrected chi connectivity index (χ2v) is 8.09. The first-order valence-electron chi connectivity index (χ1n) is 7.82. The summed E-state index contributed by atoms with van der Waals surface area (Å²) in [6, 6.07) is 9.06. The summed E-state index contributed by atoms with van der Waals surface area (Å²) in [6.07, 6.45) is 2.14. The Morgan fingerprint density at radius 1 is 1.19 bits per heavy atom. The van der Waals surface area contributed by atoms with E-state index >= 15 is 0 Å². The van der Waals surface area contributed by atoms with Gasteiger partial charge in [-0.15, -0.1) is 0 Å². The normalized spacial score (nSPS) is 19.4. The molecule has 0 unspecified atom stereocenters. The van der Waals surface area contributed by atoms with Gasteiger partial charge in [0.25, 0.3) is 0 Å². The van der Waals surface area contributed by atoms with Gasteiger partial charge in [-0.1, -0.05) is 64.2 Å². The summed E-state index contributed by atoms with van der Waals surface area (Å²) < 4.78 is 0. The van der Waals surface area contributed by atoms with Crippen molar-refractivity contribution in [3.8, 4) is 0 Å². The maximum absolute atomic E-state index is 5.87. The minimum absolute atomic E-state index is 0.0575. The molecule has 0 radical (unpaired) electrons. The van der Waals surface area contributed by atoms with Crippen molar-refractivity contribution in [2.45, 2.75) is 52.5 Å². The third kappa shape index (κ3) is 4.04. The second kappa shape index (κ2) is 6.05. The molecular weight excluding hydrogens is 276 g/mol. The van der Waals surface area contributed by atoms with Gasteiger partial charge in [-0.2, -0.15) is 0 Å². The monoisotopic (exact) mass is 304 g/mol. The highest BCUT2D eigenvalue weighted by Crippen LogP contribution is 2.32. The van der Waals surface area contributed by atoms with Crippen LogP contribution in [0.25, 0.3) is 0 Å². The first-order valence-corrected chi connectivity index (χ1v) is 8.23. The van der Waals surface area contributed by atoms with E-state index in [1.165, 1.54) is 11.1 Å². The predicted octanol–water partition coefficient (Wildman–Crippen LogP) is 3.87. The molecule has 21 heavy (non-hydrogen) atoms. The summed E-state index contributed by atoms with van der Waals surface area (Å²) in [4.78, 5) is 3.18. The molecule has 1 saturated heterocycles. The minimum Gasteiger partial charge on any atom is -0.393 e. The summed E-state index contributed by atoms with van der Waals surface area (Å²) in [5.41, 5.74) is 8.94. The van der Waals surface area contributed by atoms with Crippen LogP contribution in [-0.4, -0.2) is 23.0 Å². The number of thiocarbonyl (C=S) groups is 1. The third-order valence-corrected chi connectivity index (χ3v) is 5.27. The van der Waals surface area contributed by atoms with Crippen LogP contribution in [0.4, 0.5) is 0 Å². The van der Waals surface area contributed by atoms with Crippen LogP contribution in [0, 0.1) is 5.41 Å². The topological polar surface area (TPSA) is 29.3 Å². The number of nitrogens with two attached hydrogens (primary N) is 1. The van der Waals surface area contributed by atoms with Crippen LogP contribution in [0.15, 0.2) is 24.3 Å². The summed E-state index contributed by atoms with van der Waals surface area (Å²) >= 11 is 5.21. The van der Waals surface area contributed by atoms with E-state index in [-0.39, 0.29) is 10.8 Å². The minimum atomic E-state index is 0.0575. The zero-order valence-electron chi connectivity index (χ0n) is 13.8. The van der Waals surface area contributed by atoms with Gasteiger partial charge in [-0.05, 0) is 42.5 Å². The van der Waals surface area contributed by atoms with Gasteiger partial charge in [-0.25, -0.2) is 0 Å². The Morgan fingerprint density at radius 3 is 2.14 bits per heavy atom. The molecule has 2 rings (SSSR count). The van der Waals surface area contributed by atoms with Gasteiger partial charge >= 0.3 is 0 Å². The molecular formula is C18H28N2S. The van der Waals surface area contributed by atoms with Gasteiger partial charge in [0.1, 0.15) is 0 Å². The van der Waals surface area contributed by atoms with Gasteiger partial charge < -0.3 is 5.73 Å². The average molecular weight is 305 g/mol. The lowest BCUT2D eigenvalue weighted by Crippen LogP contribution is -2.44. The predicted molar refractivity (Wildman–Crippen MR) is 94.5 cm³/mol. The number of benzene rings is 1. The Balaban J connectivity index is 1.94. The lowest BCUT2D eigenvalue weighted by atomic mass is 9.80. The van der Waals surface area contributed by atoms with E-state index in [2.05, 4.69) is 56.9 Å². The standard InChI is InChI=1S/C18H28N2S/c1-17(2,3)15-7-5-14(6-8-15)13-20-11-9-18(4,10-12-20)16(19)21/h5-8H,9-13H2,1-4H3,(H2,19,21). The van der Waals surface area contributed by atoms with E-state index in [4.69, 9.17) is 18.0 Å². The largest absolute Gasteiger partial charge is 0.393 e. The van der Waals surface area contributed by atoms with Crippen LogP contribution in [0.2, 0.25) is 0 Å². The first kappa shape index (κ1) is 16.4. The van der Waals surface area contributed by atoms with Gasteiger partial charge in [-0.3, -0.25) is 4.90 Å². The Labute approximate surface area is 134 Å². The lowest BCUT2D eigenvalue weighted by molar-refractivity contribution is 0.158. The molecule has 1 heterocycles. The number of hydrogen-bond donors (Lipinski definition) is 1. The van der Waals surface area contributed by atoms with Crippen molar-refractivity contribution in [1.29, 1.82) is 0 Å². The Bertz CT molecular complexity index is 491. The van der Waals surface area contributed by atoms with Crippen LogP contribution in [0.1, 0.15) is 51.7 Å². The van der Waals surface area contributed by atoms with Gasteiger partial charge in [0.05, 0.1) is 4.99 Å². The second-order valence-electron chi connectivity index (χ2n) is 7.65. The number of nitrogens with zero attached hydrogens (tertiary/aromatic N) is 1. The molecule has 0 amide bonds. The van der Waals surface area contributed by atoms with Crippen molar-refractivity contribution in [1.82, 2.24) is 4.90 Å². The van der Waals surface area contributed by atoms with Crippen LogP contribution in [0.5, 0.6) is 0 Å². The van der Waals surface area contributed by atoms with Gasteiger partial charge in [0, 0.05) is 12.0 Å². The van der Waals surface area contributed by atoms with E-state index in [9.17, 15) is 0 Å². The molecule has 1 aliphatic rings. The molecule has 0 bridgehead atoms. The van der Waals surface area contributed by atoms with Crippen molar-refractivity contribution in [3.05, 3.63) is 35.4 Å². The highest BCUT2D eigenvalue weighted by atomic mass is 32.1. The van der Waals surface area contributed by atoms with E-state index in [1.54, 1.807) is 0 Å². The van der Waals surface area contributed by atoms with E-state index in [1.807, 2.05) is 0 Å². The summed E-state index contributed by atoms with van der Waals surface area (Å²) in [6.45, 7) is 12.1. The Morgan fingerprint density at radius 2 is 1.71 bits per heavy atom. The third-order valence-electron chi connectivity index (χ3n) is 4.78. The summed E-state index contributed by atoms with van der Waals surface area (Å²) in [5, 5.41) is 0. The fourth-order valence-electron chi connectivity index (χ4n) is 2.82. The average Bonchev–Trinajstić information content (AvgIpc) is 2.41. The van der Waals surface area contributed by atoms with E-state index < -0.39 is 0 Å². The maximum Gasteiger partial charge on any atom is 0.0788 e. The van der Waals surface area contributed by atoms with E-state index in [0.29, 0.717) is 4.99 Å². The molecule has 0 aromatic heterocycles. The van der Waals surface area contributed by atoms with Crippen molar-refractivity contribution >= 4 is 17.2 Å². The molecule has 116 valence electrons. The number of hydrogen-bond acceptors (Lipinski definition) is 2. The van der Waals surface area contributed by atoms with Gasteiger partial charge in [0.15, 0.2) is 0 Å². The molecule has 2 nitrogen and oxygen atoms in total. The number of piperidine rings is 1. The van der Waals surface area contributed by atoms with Crippen LogP contribution >= 0.6 is 12.2 Å². The lowest BCUT2D eigenvalue weighted by Gasteiger charge is -2.38. The zero-order valence-corrected chi connectivity index (χ0v) is 14.6. The fraction of sp³-hybridized carbons (Fsp3) is 0.611. The van der Waals surface area contributed by atoms with Gasteiger partial charge in [0.2, 0.25) is 0 Å². The first-order chi connectivity index (χ1) is 9.71. The maximum atomic E-state index is 5.87. The molecule has 0 aliphatic carbocycles. The smallest absolute Gasteiger partial charge is 0.0788 e. The molecule has 1 aromatic rings. The van der Waals surface area contributed by atoms with Crippen LogP contribution < -0.4 is 5.73 Å². The van der Waals surface area contributed by atoms with E-state index in [0.717, 1.165) is 32.5 Å². The number of likely N-dealkylation sites (tertiary alicyclic amines) is 1. The summed E-state index contributed by atoms with van der Waals surface area (Å²) in [5.74, 6) is 0. The molecule has 1 fully saturated rings. The van der Waals surface area contributed by atoms with Crippen LogP contribution in [-0.2, 0) is 12.0 Å².